The van der Waals surface area contributed by atoms with Gasteiger partial charge in [0.25, 0.3) is 5.56 Å². The molecule has 1 aromatic heterocycles. The van der Waals surface area contributed by atoms with Crippen LogP contribution in [0.15, 0.2) is 29.1 Å². The van der Waals surface area contributed by atoms with E-state index in [0.29, 0.717) is 11.3 Å². The van der Waals surface area contributed by atoms with E-state index in [9.17, 15) is 14.7 Å². The van der Waals surface area contributed by atoms with Crippen LogP contribution < -0.4 is 5.56 Å². The number of aryl methyl sites for hydroxylation is 1. The number of nitrogens with one attached hydrogen (secondary N) is 2. The molecular formula is C20H26N2O4. The Morgan fingerprint density at radius 3 is 2.54 bits per heavy atom. The SMILES string of the molecule is CCc1ccc(C2c3c([nH][nH]c3=O)CC(C)(O)C2C(=O)OC(C)C)cc1. The second kappa shape index (κ2) is 6.76. The molecule has 0 fully saturated rings. The molecule has 0 bridgehead atoms. The maximum absolute atomic E-state index is 12.9. The number of fused-ring (bicyclic) bond motifs is 1. The Labute approximate surface area is 152 Å². The molecule has 0 aliphatic heterocycles. The topological polar surface area (TPSA) is 95.2 Å². The Balaban J connectivity index is 2.16. The molecule has 0 saturated heterocycles. The largest absolute Gasteiger partial charge is 0.463 e. The third-order valence-electron chi connectivity index (χ3n) is 5.10. The average molecular weight is 358 g/mol. The van der Waals surface area contributed by atoms with Crippen molar-refractivity contribution in [1.29, 1.82) is 0 Å². The minimum atomic E-state index is -1.34. The first-order chi connectivity index (χ1) is 12.2. The van der Waals surface area contributed by atoms with Gasteiger partial charge in [0.05, 0.1) is 17.6 Å². The number of benzene rings is 1. The number of aromatic amines is 2. The van der Waals surface area contributed by atoms with Gasteiger partial charge in [-0.1, -0.05) is 31.2 Å². The van der Waals surface area contributed by atoms with Crippen LogP contribution in [0.3, 0.4) is 0 Å². The Kier molecular flexibility index (Phi) is 4.80. The van der Waals surface area contributed by atoms with Gasteiger partial charge in [-0.15, -0.1) is 0 Å². The molecule has 1 aromatic carbocycles. The Morgan fingerprint density at radius 1 is 1.31 bits per heavy atom. The van der Waals surface area contributed by atoms with E-state index in [1.807, 2.05) is 24.3 Å². The molecule has 1 aliphatic rings. The average Bonchev–Trinajstić information content (AvgIpc) is 2.92. The molecule has 3 atom stereocenters. The van der Waals surface area contributed by atoms with Crippen molar-refractivity contribution < 1.29 is 14.6 Å². The molecule has 3 N–H and O–H groups in total. The predicted octanol–water partition coefficient (Wildman–Crippen LogP) is 2.27. The fraction of sp³-hybridized carbons (Fsp3) is 0.500. The van der Waals surface area contributed by atoms with Gasteiger partial charge >= 0.3 is 5.97 Å². The monoisotopic (exact) mass is 358 g/mol. The highest BCUT2D eigenvalue weighted by Gasteiger charge is 2.51. The zero-order valence-electron chi connectivity index (χ0n) is 15.6. The van der Waals surface area contributed by atoms with Gasteiger partial charge in [-0.05, 0) is 38.3 Å². The van der Waals surface area contributed by atoms with Crippen LogP contribution in [-0.2, 0) is 22.4 Å². The highest BCUT2D eigenvalue weighted by atomic mass is 16.5. The molecule has 1 aliphatic carbocycles. The molecule has 140 valence electrons. The van der Waals surface area contributed by atoms with Crippen molar-refractivity contribution in [3.8, 4) is 0 Å². The number of aromatic nitrogens is 2. The molecule has 26 heavy (non-hydrogen) atoms. The number of carbonyl (C=O) groups is 1. The number of hydrogen-bond donors (Lipinski definition) is 3. The fourth-order valence-electron chi connectivity index (χ4n) is 3.88. The quantitative estimate of drug-likeness (QED) is 0.731. The molecule has 0 saturated carbocycles. The minimum Gasteiger partial charge on any atom is -0.463 e. The Hall–Kier alpha value is -2.34. The second-order valence-electron chi connectivity index (χ2n) is 7.54. The number of esters is 1. The van der Waals surface area contributed by atoms with Gasteiger partial charge < -0.3 is 14.9 Å². The number of H-pyrrole nitrogens is 2. The van der Waals surface area contributed by atoms with Crippen LogP contribution >= 0.6 is 0 Å². The summed E-state index contributed by atoms with van der Waals surface area (Å²) >= 11 is 0. The lowest BCUT2D eigenvalue weighted by Crippen LogP contribution is -2.50. The zero-order chi connectivity index (χ0) is 19.1. The van der Waals surface area contributed by atoms with Crippen molar-refractivity contribution in [2.24, 2.45) is 5.92 Å². The van der Waals surface area contributed by atoms with Gasteiger partial charge in [-0.3, -0.25) is 14.7 Å². The molecular weight excluding hydrogens is 332 g/mol. The third-order valence-corrected chi connectivity index (χ3v) is 5.10. The van der Waals surface area contributed by atoms with E-state index in [-0.39, 0.29) is 18.1 Å². The number of carbonyl (C=O) groups excluding carboxylic acids is 1. The highest BCUT2D eigenvalue weighted by Crippen LogP contribution is 2.44. The molecule has 6 nitrogen and oxygen atoms in total. The molecule has 0 spiro atoms. The lowest BCUT2D eigenvalue weighted by Gasteiger charge is -2.40. The predicted molar refractivity (Wildman–Crippen MR) is 98.1 cm³/mol. The lowest BCUT2D eigenvalue weighted by atomic mass is 9.66. The normalized spacial score (nSPS) is 25.2. The summed E-state index contributed by atoms with van der Waals surface area (Å²) < 4.78 is 5.43. The van der Waals surface area contributed by atoms with Crippen molar-refractivity contribution >= 4 is 5.97 Å². The molecule has 3 unspecified atom stereocenters. The summed E-state index contributed by atoms with van der Waals surface area (Å²) in [6.07, 6.45) is 0.785. The van der Waals surface area contributed by atoms with Gasteiger partial charge in [0.1, 0.15) is 0 Å². The van der Waals surface area contributed by atoms with E-state index in [1.165, 1.54) is 5.56 Å². The zero-order valence-corrected chi connectivity index (χ0v) is 15.6. The van der Waals surface area contributed by atoms with Crippen LogP contribution in [0.4, 0.5) is 0 Å². The van der Waals surface area contributed by atoms with E-state index in [4.69, 9.17) is 4.74 Å². The van der Waals surface area contributed by atoms with E-state index in [2.05, 4.69) is 17.1 Å². The molecule has 3 rings (SSSR count). The van der Waals surface area contributed by atoms with E-state index in [1.54, 1.807) is 20.8 Å². The minimum absolute atomic E-state index is 0.183. The van der Waals surface area contributed by atoms with Gasteiger partial charge in [0.15, 0.2) is 0 Å². The van der Waals surface area contributed by atoms with Crippen molar-refractivity contribution in [3.05, 3.63) is 57.0 Å². The van der Waals surface area contributed by atoms with Gasteiger partial charge in [-0.25, -0.2) is 0 Å². The highest BCUT2D eigenvalue weighted by molar-refractivity contribution is 5.77. The number of rotatable bonds is 4. The summed E-state index contributed by atoms with van der Waals surface area (Å²) in [5, 5.41) is 16.5. The van der Waals surface area contributed by atoms with Gasteiger partial charge in [-0.2, -0.15) is 0 Å². The van der Waals surface area contributed by atoms with Crippen LogP contribution in [0.1, 0.15) is 56.0 Å². The maximum Gasteiger partial charge on any atom is 0.313 e. The summed E-state index contributed by atoms with van der Waals surface area (Å²) in [6.45, 7) is 7.24. The number of aliphatic hydroxyl groups is 1. The second-order valence-corrected chi connectivity index (χ2v) is 7.54. The fourth-order valence-corrected chi connectivity index (χ4v) is 3.88. The summed E-state index contributed by atoms with van der Waals surface area (Å²) in [4.78, 5) is 25.3. The van der Waals surface area contributed by atoms with Crippen LogP contribution in [0.5, 0.6) is 0 Å². The first-order valence-corrected chi connectivity index (χ1v) is 9.05. The van der Waals surface area contributed by atoms with Crippen molar-refractivity contribution in [2.75, 3.05) is 0 Å². The van der Waals surface area contributed by atoms with E-state index >= 15 is 0 Å². The van der Waals surface area contributed by atoms with Crippen molar-refractivity contribution in [2.45, 2.75) is 58.2 Å². The van der Waals surface area contributed by atoms with E-state index in [0.717, 1.165) is 12.0 Å². The summed E-state index contributed by atoms with van der Waals surface area (Å²) in [7, 11) is 0. The summed E-state index contributed by atoms with van der Waals surface area (Å²) in [6, 6.07) is 7.83. The van der Waals surface area contributed by atoms with Gasteiger partial charge in [0.2, 0.25) is 0 Å². The standard InChI is InChI=1S/C20H26N2O4/c1-5-12-6-8-13(9-7-12)15-16-14(21-22-18(16)23)10-20(4,25)17(15)19(24)26-11(2)3/h6-9,11,15,17,25H,5,10H2,1-4H3,(H2,21,22,23). The molecule has 2 aromatic rings. The van der Waals surface area contributed by atoms with Crippen LogP contribution in [0.2, 0.25) is 0 Å². The smallest absolute Gasteiger partial charge is 0.313 e. The van der Waals surface area contributed by atoms with Crippen LogP contribution in [0.25, 0.3) is 0 Å². The Morgan fingerprint density at radius 2 is 1.96 bits per heavy atom. The lowest BCUT2D eigenvalue weighted by molar-refractivity contribution is -0.163. The van der Waals surface area contributed by atoms with Crippen molar-refractivity contribution in [3.63, 3.8) is 0 Å². The third kappa shape index (κ3) is 3.21. The van der Waals surface area contributed by atoms with Gasteiger partial charge in [0, 0.05) is 23.6 Å². The molecule has 1 heterocycles. The van der Waals surface area contributed by atoms with Crippen LogP contribution in [-0.4, -0.2) is 33.0 Å². The van der Waals surface area contributed by atoms with E-state index < -0.39 is 23.4 Å². The first kappa shape index (κ1) is 18.5. The van der Waals surface area contributed by atoms with Crippen molar-refractivity contribution in [1.82, 2.24) is 10.2 Å². The summed E-state index contributed by atoms with van der Waals surface area (Å²) in [5.41, 5.74) is 1.53. The number of ether oxygens (including phenoxy) is 1. The molecule has 0 amide bonds. The molecule has 0 radical (unpaired) electrons. The Bertz CT molecular complexity index is 845. The molecule has 6 heteroatoms. The first-order valence-electron chi connectivity index (χ1n) is 9.05. The number of hydrogen-bond acceptors (Lipinski definition) is 4. The maximum atomic E-state index is 12.9. The van der Waals surface area contributed by atoms with Crippen LogP contribution in [0, 0.1) is 5.92 Å². The summed E-state index contributed by atoms with van der Waals surface area (Å²) in [5.74, 6) is -1.91.